The zero-order valence-electron chi connectivity index (χ0n) is 9.24. The Kier molecular flexibility index (Phi) is 4.62. The van der Waals surface area contributed by atoms with E-state index in [2.05, 4.69) is 15.9 Å². The molecule has 0 aliphatic carbocycles. The number of carbonyl (C=O) groups is 2. The lowest BCUT2D eigenvalue weighted by Gasteiger charge is -2.19. The van der Waals surface area contributed by atoms with Crippen molar-refractivity contribution in [3.05, 3.63) is 34.1 Å². The van der Waals surface area contributed by atoms with Crippen LogP contribution in [-0.2, 0) is 4.79 Å². The molecule has 1 rings (SSSR count). The Balaban J connectivity index is 2.93. The van der Waals surface area contributed by atoms with E-state index in [1.54, 1.807) is 6.92 Å². The molecule has 4 nitrogen and oxygen atoms in total. The number of hydrogen-bond acceptors (Lipinski definition) is 2. The molecule has 0 bridgehead atoms. The Morgan fingerprint density at radius 2 is 2.12 bits per heavy atom. The summed E-state index contributed by atoms with van der Waals surface area (Å²) in [5.41, 5.74) is 5.21. The van der Waals surface area contributed by atoms with Crippen molar-refractivity contribution in [3.8, 4) is 0 Å². The van der Waals surface area contributed by atoms with Crippen LogP contribution in [0.25, 0.3) is 0 Å². The van der Waals surface area contributed by atoms with Gasteiger partial charge in [-0.05, 0) is 41.1 Å². The van der Waals surface area contributed by atoms with Gasteiger partial charge in [-0.25, -0.2) is 4.39 Å². The van der Waals surface area contributed by atoms with Crippen molar-refractivity contribution in [1.82, 2.24) is 4.90 Å². The van der Waals surface area contributed by atoms with Crippen molar-refractivity contribution in [2.45, 2.75) is 6.92 Å². The second-order valence-electron chi connectivity index (χ2n) is 3.41. The van der Waals surface area contributed by atoms with E-state index >= 15 is 0 Å². The summed E-state index contributed by atoms with van der Waals surface area (Å²) in [5, 5.41) is 0. The third-order valence-electron chi connectivity index (χ3n) is 2.18. The van der Waals surface area contributed by atoms with Gasteiger partial charge in [0.2, 0.25) is 5.91 Å². The molecule has 6 heteroatoms. The first kappa shape index (κ1) is 13.6. The summed E-state index contributed by atoms with van der Waals surface area (Å²) < 4.78 is 13.5. The number of benzene rings is 1. The number of carbonyl (C=O) groups excluding carboxylic acids is 2. The van der Waals surface area contributed by atoms with Gasteiger partial charge in [0, 0.05) is 12.1 Å². The molecule has 0 heterocycles. The number of likely N-dealkylation sites (N-methyl/N-ethyl adjacent to an activating group) is 1. The van der Waals surface area contributed by atoms with Crippen molar-refractivity contribution in [1.29, 1.82) is 0 Å². The van der Waals surface area contributed by atoms with Crippen LogP contribution < -0.4 is 5.73 Å². The summed E-state index contributed by atoms with van der Waals surface area (Å²) in [4.78, 5) is 23.9. The fourth-order valence-electron chi connectivity index (χ4n) is 1.33. The van der Waals surface area contributed by atoms with Crippen LogP contribution in [0.3, 0.4) is 0 Å². The summed E-state index contributed by atoms with van der Waals surface area (Å²) in [6.07, 6.45) is 0. The maximum Gasteiger partial charge on any atom is 0.254 e. The molecule has 0 saturated carbocycles. The first-order valence-corrected chi connectivity index (χ1v) is 5.77. The van der Waals surface area contributed by atoms with E-state index in [1.807, 2.05) is 0 Å². The van der Waals surface area contributed by atoms with Gasteiger partial charge in [0.25, 0.3) is 5.91 Å². The van der Waals surface area contributed by atoms with Crippen LogP contribution in [0.4, 0.5) is 4.39 Å². The van der Waals surface area contributed by atoms with E-state index in [9.17, 15) is 14.0 Å². The molecule has 0 aliphatic rings. The van der Waals surface area contributed by atoms with E-state index in [0.29, 0.717) is 6.54 Å². The van der Waals surface area contributed by atoms with Gasteiger partial charge in [-0.2, -0.15) is 0 Å². The molecular weight excluding hydrogens is 291 g/mol. The van der Waals surface area contributed by atoms with Gasteiger partial charge in [0.05, 0.1) is 11.0 Å². The number of amides is 2. The highest BCUT2D eigenvalue weighted by Gasteiger charge is 2.17. The molecule has 2 amide bonds. The molecule has 0 radical (unpaired) electrons. The second kappa shape index (κ2) is 5.77. The summed E-state index contributed by atoms with van der Waals surface area (Å²) in [7, 11) is 0. The lowest BCUT2D eigenvalue weighted by atomic mass is 10.2. The standard InChI is InChI=1S/C11H12BrFN2O2/c1-2-15(6-10(14)16)11(17)7-3-4-8(12)9(13)5-7/h3-5H,2,6H2,1H3,(H2,14,16). The molecule has 1 aromatic rings. The summed E-state index contributed by atoms with van der Waals surface area (Å²) >= 11 is 3.00. The maximum atomic E-state index is 13.3. The highest BCUT2D eigenvalue weighted by molar-refractivity contribution is 9.10. The molecular formula is C11H12BrFN2O2. The zero-order valence-corrected chi connectivity index (χ0v) is 10.8. The van der Waals surface area contributed by atoms with Gasteiger partial charge in [-0.15, -0.1) is 0 Å². The Morgan fingerprint density at radius 1 is 1.47 bits per heavy atom. The van der Waals surface area contributed by atoms with Crippen LogP contribution in [-0.4, -0.2) is 29.8 Å². The Hall–Kier alpha value is -1.43. The number of halogens is 2. The highest BCUT2D eigenvalue weighted by atomic mass is 79.9. The van der Waals surface area contributed by atoms with E-state index < -0.39 is 17.6 Å². The van der Waals surface area contributed by atoms with Gasteiger partial charge in [-0.1, -0.05) is 0 Å². The van der Waals surface area contributed by atoms with Crippen molar-refractivity contribution < 1.29 is 14.0 Å². The van der Waals surface area contributed by atoms with Crippen molar-refractivity contribution in [3.63, 3.8) is 0 Å². The van der Waals surface area contributed by atoms with Crippen LogP contribution in [0.5, 0.6) is 0 Å². The number of nitrogens with two attached hydrogens (primary N) is 1. The molecule has 0 atom stereocenters. The monoisotopic (exact) mass is 302 g/mol. The number of hydrogen-bond donors (Lipinski definition) is 1. The van der Waals surface area contributed by atoms with Crippen LogP contribution in [0.2, 0.25) is 0 Å². The van der Waals surface area contributed by atoms with E-state index in [4.69, 9.17) is 5.73 Å². The summed E-state index contributed by atoms with van der Waals surface area (Å²) in [5.74, 6) is -1.54. The van der Waals surface area contributed by atoms with Crippen LogP contribution in [0.1, 0.15) is 17.3 Å². The number of nitrogens with zero attached hydrogens (tertiary/aromatic N) is 1. The molecule has 0 unspecified atom stereocenters. The lowest BCUT2D eigenvalue weighted by molar-refractivity contribution is -0.118. The van der Waals surface area contributed by atoms with Crippen molar-refractivity contribution >= 4 is 27.7 Å². The SMILES string of the molecule is CCN(CC(N)=O)C(=O)c1ccc(Br)c(F)c1. The fourth-order valence-corrected chi connectivity index (χ4v) is 1.57. The van der Waals surface area contributed by atoms with Crippen LogP contribution in [0, 0.1) is 5.82 Å². The average molecular weight is 303 g/mol. The quantitative estimate of drug-likeness (QED) is 0.917. The highest BCUT2D eigenvalue weighted by Crippen LogP contribution is 2.17. The predicted molar refractivity (Wildman–Crippen MR) is 64.9 cm³/mol. The maximum absolute atomic E-state index is 13.3. The fraction of sp³-hybridized carbons (Fsp3) is 0.273. The van der Waals surface area contributed by atoms with Gasteiger partial charge in [0.15, 0.2) is 0 Å². The molecule has 1 aromatic carbocycles. The second-order valence-corrected chi connectivity index (χ2v) is 4.27. The molecule has 92 valence electrons. The van der Waals surface area contributed by atoms with Gasteiger partial charge in [-0.3, -0.25) is 9.59 Å². The normalized spacial score (nSPS) is 10.1. The minimum atomic E-state index is -0.599. The first-order chi connectivity index (χ1) is 7.95. The van der Waals surface area contributed by atoms with Gasteiger partial charge < -0.3 is 10.6 Å². The Labute approximate surface area is 107 Å². The summed E-state index contributed by atoms with van der Waals surface area (Å²) in [6, 6.07) is 4.05. The largest absolute Gasteiger partial charge is 0.368 e. The van der Waals surface area contributed by atoms with Gasteiger partial charge in [0.1, 0.15) is 5.82 Å². The van der Waals surface area contributed by atoms with E-state index in [0.717, 1.165) is 6.07 Å². The molecule has 2 N–H and O–H groups in total. The van der Waals surface area contributed by atoms with E-state index in [1.165, 1.54) is 17.0 Å². The predicted octanol–water partition coefficient (Wildman–Crippen LogP) is 1.54. The van der Waals surface area contributed by atoms with E-state index in [-0.39, 0.29) is 16.6 Å². The van der Waals surface area contributed by atoms with Crippen molar-refractivity contribution in [2.24, 2.45) is 5.73 Å². The minimum absolute atomic E-state index is 0.174. The Morgan fingerprint density at radius 3 is 2.59 bits per heavy atom. The number of rotatable bonds is 4. The topological polar surface area (TPSA) is 63.4 Å². The van der Waals surface area contributed by atoms with Crippen LogP contribution >= 0.6 is 15.9 Å². The minimum Gasteiger partial charge on any atom is -0.368 e. The summed E-state index contributed by atoms with van der Waals surface area (Å²) in [6.45, 7) is 1.88. The molecule has 0 fully saturated rings. The molecule has 0 aliphatic heterocycles. The average Bonchev–Trinajstić information content (AvgIpc) is 2.28. The third kappa shape index (κ3) is 3.52. The number of primary amides is 1. The molecule has 0 saturated heterocycles. The molecule has 0 aromatic heterocycles. The molecule has 0 spiro atoms. The zero-order chi connectivity index (χ0) is 13.0. The Bertz CT molecular complexity index is 451. The molecule has 17 heavy (non-hydrogen) atoms. The smallest absolute Gasteiger partial charge is 0.254 e. The lowest BCUT2D eigenvalue weighted by Crippen LogP contribution is -2.38. The van der Waals surface area contributed by atoms with Gasteiger partial charge >= 0.3 is 0 Å². The first-order valence-electron chi connectivity index (χ1n) is 4.98. The van der Waals surface area contributed by atoms with Crippen LogP contribution in [0.15, 0.2) is 22.7 Å². The van der Waals surface area contributed by atoms with Crippen molar-refractivity contribution in [2.75, 3.05) is 13.1 Å². The third-order valence-corrected chi connectivity index (χ3v) is 2.83.